The van der Waals surface area contributed by atoms with E-state index in [0.717, 1.165) is 29.3 Å². The molecule has 122 valence electrons. The van der Waals surface area contributed by atoms with Gasteiger partial charge in [0.1, 0.15) is 5.82 Å². The number of rotatable bonds is 4. The van der Waals surface area contributed by atoms with Gasteiger partial charge < -0.3 is 0 Å². The minimum absolute atomic E-state index is 0.745. The lowest BCUT2D eigenvalue weighted by atomic mass is 10.1. The van der Waals surface area contributed by atoms with E-state index >= 15 is 0 Å². The Kier molecular flexibility index (Phi) is 4.13. The molecule has 3 nitrogen and oxygen atoms in total. The molecule has 0 saturated heterocycles. The van der Waals surface area contributed by atoms with Crippen molar-refractivity contribution in [2.75, 3.05) is 0 Å². The third kappa shape index (κ3) is 3.36. The fourth-order valence-electron chi connectivity index (χ4n) is 2.84. The van der Waals surface area contributed by atoms with Crippen molar-refractivity contribution in [2.24, 2.45) is 0 Å². The molecule has 0 bridgehead atoms. The topological polar surface area (TPSA) is 30.7 Å². The molecule has 1 aromatic heterocycles. The Hall–Kier alpha value is -3.20. The molecule has 0 aliphatic heterocycles. The number of benzene rings is 3. The van der Waals surface area contributed by atoms with Gasteiger partial charge in [0.15, 0.2) is 5.82 Å². The lowest BCUT2D eigenvalue weighted by Gasteiger charge is -2.05. The molecule has 0 N–H and O–H groups in total. The normalized spacial score (nSPS) is 10.8. The fraction of sp³-hybridized carbons (Fsp3) is 0.0909. The molecule has 0 amide bonds. The van der Waals surface area contributed by atoms with E-state index in [2.05, 4.69) is 67.6 Å². The highest BCUT2D eigenvalue weighted by Gasteiger charge is 2.13. The van der Waals surface area contributed by atoms with E-state index in [1.165, 1.54) is 11.1 Å². The summed E-state index contributed by atoms with van der Waals surface area (Å²) in [5.74, 6) is 1.70. The largest absolute Gasteiger partial charge is 0.217 e. The van der Waals surface area contributed by atoms with Crippen molar-refractivity contribution in [1.82, 2.24) is 14.8 Å². The van der Waals surface area contributed by atoms with E-state index in [1.54, 1.807) is 0 Å². The molecular formula is C22H19N3. The number of nitrogens with zero attached hydrogens (tertiary/aromatic N) is 3. The first-order chi connectivity index (χ1) is 12.3. The Balaban J connectivity index is 1.79. The third-order valence-electron chi connectivity index (χ3n) is 4.19. The van der Waals surface area contributed by atoms with Gasteiger partial charge in [0.2, 0.25) is 0 Å². The van der Waals surface area contributed by atoms with Gasteiger partial charge >= 0.3 is 0 Å². The Labute approximate surface area is 147 Å². The SMILES string of the molecule is Cc1ccc(-c2nc(Cc3ccccc3)n(-c3ccccc3)n2)cc1. The molecule has 0 atom stereocenters. The van der Waals surface area contributed by atoms with E-state index in [0.29, 0.717) is 0 Å². The monoisotopic (exact) mass is 325 g/mol. The molecular weight excluding hydrogens is 306 g/mol. The van der Waals surface area contributed by atoms with E-state index in [-0.39, 0.29) is 0 Å². The number of hydrogen-bond acceptors (Lipinski definition) is 2. The van der Waals surface area contributed by atoms with E-state index in [4.69, 9.17) is 10.1 Å². The summed E-state index contributed by atoms with van der Waals surface area (Å²) >= 11 is 0. The van der Waals surface area contributed by atoms with Crippen molar-refractivity contribution in [1.29, 1.82) is 0 Å². The van der Waals surface area contributed by atoms with Crippen molar-refractivity contribution in [3.63, 3.8) is 0 Å². The van der Waals surface area contributed by atoms with Crippen LogP contribution in [-0.2, 0) is 6.42 Å². The van der Waals surface area contributed by atoms with Gasteiger partial charge in [-0.2, -0.15) is 0 Å². The standard InChI is InChI=1S/C22H19N3/c1-17-12-14-19(15-13-17)22-23-21(16-18-8-4-2-5-9-18)25(24-22)20-10-6-3-7-11-20/h2-15H,16H2,1H3. The summed E-state index contributed by atoms with van der Waals surface area (Å²) in [7, 11) is 0. The van der Waals surface area contributed by atoms with Gasteiger partial charge in [-0.3, -0.25) is 0 Å². The summed E-state index contributed by atoms with van der Waals surface area (Å²) < 4.78 is 1.95. The summed E-state index contributed by atoms with van der Waals surface area (Å²) in [6.07, 6.45) is 0.745. The van der Waals surface area contributed by atoms with Gasteiger partial charge in [0.25, 0.3) is 0 Å². The quantitative estimate of drug-likeness (QED) is 0.538. The second-order valence-electron chi connectivity index (χ2n) is 6.13. The maximum atomic E-state index is 4.83. The zero-order valence-electron chi connectivity index (χ0n) is 14.1. The average Bonchev–Trinajstić information content (AvgIpc) is 3.08. The number of para-hydroxylation sites is 1. The van der Waals surface area contributed by atoms with Crippen LogP contribution in [0.4, 0.5) is 0 Å². The van der Waals surface area contributed by atoms with Crippen molar-refractivity contribution in [2.45, 2.75) is 13.3 Å². The number of aryl methyl sites for hydroxylation is 1. The summed E-state index contributed by atoms with van der Waals surface area (Å²) in [5, 5.41) is 4.78. The molecule has 3 aromatic carbocycles. The Morgan fingerprint density at radius 2 is 1.40 bits per heavy atom. The van der Waals surface area contributed by atoms with Crippen LogP contribution in [-0.4, -0.2) is 14.8 Å². The van der Waals surface area contributed by atoms with Crippen molar-refractivity contribution in [3.8, 4) is 17.1 Å². The van der Waals surface area contributed by atoms with Crippen molar-refractivity contribution < 1.29 is 0 Å². The van der Waals surface area contributed by atoms with Gasteiger partial charge in [0, 0.05) is 12.0 Å². The van der Waals surface area contributed by atoms with Crippen LogP contribution >= 0.6 is 0 Å². The molecule has 0 fully saturated rings. The Bertz CT molecular complexity index is 955. The van der Waals surface area contributed by atoms with Crippen LogP contribution in [0.1, 0.15) is 17.0 Å². The predicted octanol–water partition coefficient (Wildman–Crippen LogP) is 4.83. The molecule has 25 heavy (non-hydrogen) atoms. The van der Waals surface area contributed by atoms with Crippen LogP contribution in [0.15, 0.2) is 84.9 Å². The molecule has 0 saturated carbocycles. The smallest absolute Gasteiger partial charge is 0.181 e. The van der Waals surface area contributed by atoms with Crippen LogP contribution < -0.4 is 0 Å². The first-order valence-electron chi connectivity index (χ1n) is 8.42. The Morgan fingerprint density at radius 1 is 0.760 bits per heavy atom. The summed E-state index contributed by atoms with van der Waals surface area (Å²) in [4.78, 5) is 4.83. The van der Waals surface area contributed by atoms with Gasteiger partial charge in [0.05, 0.1) is 5.69 Å². The molecule has 3 heteroatoms. The second-order valence-corrected chi connectivity index (χ2v) is 6.13. The van der Waals surface area contributed by atoms with Gasteiger partial charge in [-0.15, -0.1) is 5.10 Å². The zero-order chi connectivity index (χ0) is 17.1. The first-order valence-corrected chi connectivity index (χ1v) is 8.42. The number of aromatic nitrogens is 3. The average molecular weight is 325 g/mol. The molecule has 0 spiro atoms. The van der Waals surface area contributed by atoms with Gasteiger partial charge in [-0.05, 0) is 24.6 Å². The lowest BCUT2D eigenvalue weighted by Crippen LogP contribution is -2.03. The highest BCUT2D eigenvalue weighted by Crippen LogP contribution is 2.20. The van der Waals surface area contributed by atoms with Crippen molar-refractivity contribution >= 4 is 0 Å². The van der Waals surface area contributed by atoms with Crippen LogP contribution in [0.5, 0.6) is 0 Å². The lowest BCUT2D eigenvalue weighted by molar-refractivity contribution is 0.814. The summed E-state index contributed by atoms with van der Waals surface area (Å²) in [5.41, 5.74) is 4.52. The molecule has 0 radical (unpaired) electrons. The van der Waals surface area contributed by atoms with Crippen LogP contribution in [0, 0.1) is 6.92 Å². The fourth-order valence-corrected chi connectivity index (χ4v) is 2.84. The molecule has 4 aromatic rings. The van der Waals surface area contributed by atoms with Crippen molar-refractivity contribution in [3.05, 3.63) is 102 Å². The molecule has 0 aliphatic carbocycles. The van der Waals surface area contributed by atoms with Gasteiger partial charge in [-0.25, -0.2) is 9.67 Å². The molecule has 0 unspecified atom stereocenters. The second kappa shape index (κ2) is 6.73. The van der Waals surface area contributed by atoms with E-state index in [1.807, 2.05) is 28.9 Å². The zero-order valence-corrected chi connectivity index (χ0v) is 14.1. The minimum Gasteiger partial charge on any atom is -0.217 e. The summed E-state index contributed by atoms with van der Waals surface area (Å²) in [6, 6.07) is 28.9. The molecule has 4 rings (SSSR count). The summed E-state index contributed by atoms with van der Waals surface area (Å²) in [6.45, 7) is 2.08. The van der Waals surface area contributed by atoms with Crippen LogP contribution in [0.3, 0.4) is 0 Å². The molecule has 1 heterocycles. The highest BCUT2D eigenvalue weighted by molar-refractivity contribution is 5.55. The maximum absolute atomic E-state index is 4.83. The predicted molar refractivity (Wildman–Crippen MR) is 101 cm³/mol. The first kappa shape index (κ1) is 15.3. The van der Waals surface area contributed by atoms with Gasteiger partial charge in [-0.1, -0.05) is 78.4 Å². The maximum Gasteiger partial charge on any atom is 0.181 e. The van der Waals surface area contributed by atoms with E-state index in [9.17, 15) is 0 Å². The Morgan fingerprint density at radius 3 is 2.08 bits per heavy atom. The molecule has 0 aliphatic rings. The van der Waals surface area contributed by atoms with Crippen LogP contribution in [0.2, 0.25) is 0 Å². The highest BCUT2D eigenvalue weighted by atomic mass is 15.3. The third-order valence-corrected chi connectivity index (χ3v) is 4.19. The van der Waals surface area contributed by atoms with E-state index < -0.39 is 0 Å². The number of hydrogen-bond donors (Lipinski definition) is 0. The minimum atomic E-state index is 0.745. The van der Waals surface area contributed by atoms with Crippen LogP contribution in [0.25, 0.3) is 17.1 Å².